The van der Waals surface area contributed by atoms with E-state index in [0.717, 1.165) is 24.3 Å². The van der Waals surface area contributed by atoms with E-state index < -0.39 is 47.5 Å². The summed E-state index contributed by atoms with van der Waals surface area (Å²) < 4.78 is 0. The van der Waals surface area contributed by atoms with Crippen LogP contribution in [0.4, 0.5) is 22.7 Å². The number of nitrogens with zero attached hydrogens (tertiary/aromatic N) is 2. The minimum Gasteiger partial charge on any atom is -0.474 e. The first-order valence-electron chi connectivity index (χ1n) is 10.2. The van der Waals surface area contributed by atoms with Crippen LogP contribution < -0.4 is 21.3 Å². The van der Waals surface area contributed by atoms with Crippen molar-refractivity contribution in [1.82, 2.24) is 0 Å². The Morgan fingerprint density at radius 3 is 0.833 bits per heavy atom. The maximum Gasteiger partial charge on any atom is 0.394 e. The lowest BCUT2D eigenvalue weighted by Crippen LogP contribution is -2.24. The first-order valence-corrected chi connectivity index (χ1v) is 10.9. The number of halogens is 2. The molecule has 20 heteroatoms. The van der Waals surface area contributed by atoms with Crippen molar-refractivity contribution in [1.29, 1.82) is 10.5 Å². The molecule has 0 fully saturated rings. The van der Waals surface area contributed by atoms with Crippen molar-refractivity contribution in [2.24, 2.45) is 0 Å². The van der Waals surface area contributed by atoms with E-state index in [4.69, 9.17) is 54.2 Å². The topological polar surface area (TPSA) is 313 Å². The Morgan fingerprint density at radius 1 is 0.500 bits per heavy atom. The van der Waals surface area contributed by atoms with Gasteiger partial charge in [-0.15, -0.1) is 0 Å². The first kappa shape index (κ1) is 33.8. The molecule has 2 aromatic carbocycles. The molecule has 18 nitrogen and oxygen atoms in total. The Balaban J connectivity index is 0.000000420. The number of carbonyl (C=O) groups is 8. The zero-order valence-electron chi connectivity index (χ0n) is 20.0. The standard InChI is InChI=1S/2C11H6ClN3O6/c2*12-7-5(14-8(16)10(18)19)1-4(3-13)2-6(7)15-9(17)11(20)21/h2*1-2H,(H,14,16)(H,15,17)(H,18,19)(H,20,21). The van der Waals surface area contributed by atoms with Gasteiger partial charge >= 0.3 is 47.5 Å². The third-order valence-electron chi connectivity index (χ3n) is 4.17. The summed E-state index contributed by atoms with van der Waals surface area (Å²) in [7, 11) is 0. The number of amides is 4. The van der Waals surface area contributed by atoms with Crippen molar-refractivity contribution in [3.05, 3.63) is 45.4 Å². The Labute approximate surface area is 241 Å². The van der Waals surface area contributed by atoms with Crippen molar-refractivity contribution in [2.45, 2.75) is 0 Å². The van der Waals surface area contributed by atoms with Crippen LogP contribution in [0.1, 0.15) is 11.1 Å². The number of aliphatic carboxylic acids is 4. The first-order chi connectivity index (χ1) is 19.5. The van der Waals surface area contributed by atoms with Crippen molar-refractivity contribution in [3.8, 4) is 12.1 Å². The van der Waals surface area contributed by atoms with Crippen LogP contribution in [0, 0.1) is 22.7 Å². The largest absolute Gasteiger partial charge is 0.474 e. The lowest BCUT2D eigenvalue weighted by atomic mass is 10.1. The molecule has 216 valence electrons. The lowest BCUT2D eigenvalue weighted by Gasteiger charge is -2.11. The molecule has 0 bridgehead atoms. The Morgan fingerprint density at radius 2 is 0.690 bits per heavy atom. The summed E-state index contributed by atoms with van der Waals surface area (Å²) in [5.74, 6) is -12.8. The molecule has 4 amide bonds. The van der Waals surface area contributed by atoms with E-state index in [1.807, 2.05) is 21.3 Å². The van der Waals surface area contributed by atoms with Gasteiger partial charge in [0.05, 0.1) is 56.1 Å². The second kappa shape index (κ2) is 14.8. The molecule has 0 spiro atoms. The second-order valence-electron chi connectivity index (χ2n) is 7.03. The lowest BCUT2D eigenvalue weighted by molar-refractivity contribution is -0.147. The Kier molecular flexibility index (Phi) is 11.9. The number of hydrogen-bond donors (Lipinski definition) is 8. The van der Waals surface area contributed by atoms with Crippen LogP contribution in [-0.2, 0) is 38.4 Å². The van der Waals surface area contributed by atoms with Crippen LogP contribution >= 0.6 is 23.2 Å². The molecule has 0 unspecified atom stereocenters. The maximum absolute atomic E-state index is 11.1. The Bertz CT molecular complexity index is 1410. The molecule has 0 saturated heterocycles. The molecule has 0 saturated carbocycles. The number of anilines is 4. The van der Waals surface area contributed by atoms with Crippen LogP contribution in [0.15, 0.2) is 24.3 Å². The quantitative estimate of drug-likeness (QED) is 0.215. The number of rotatable bonds is 4. The number of carboxylic acids is 4. The average Bonchev–Trinajstić information content (AvgIpc) is 2.92. The maximum atomic E-state index is 11.1. The molecular weight excluding hydrogens is 611 g/mol. The van der Waals surface area contributed by atoms with Gasteiger partial charge < -0.3 is 41.7 Å². The molecule has 0 aromatic heterocycles. The molecule has 2 aromatic rings. The number of benzene rings is 2. The third kappa shape index (κ3) is 9.50. The fraction of sp³-hybridized carbons (Fsp3) is 0. The van der Waals surface area contributed by atoms with Gasteiger partial charge in [0.15, 0.2) is 0 Å². The fourth-order valence-corrected chi connectivity index (χ4v) is 2.85. The van der Waals surface area contributed by atoms with E-state index in [1.165, 1.54) is 0 Å². The number of carbonyl (C=O) groups excluding carboxylic acids is 4. The van der Waals surface area contributed by atoms with Gasteiger partial charge in [-0.2, -0.15) is 10.5 Å². The van der Waals surface area contributed by atoms with Crippen LogP contribution in [-0.4, -0.2) is 67.9 Å². The van der Waals surface area contributed by atoms with E-state index in [1.54, 1.807) is 12.1 Å². The SMILES string of the molecule is N#Cc1cc(NC(=O)C(=O)O)c(Cl)c(NC(=O)C(=O)O)c1.N#Cc1cc(NC(=O)C(=O)O)c(Cl)c(NC(=O)C(=O)O)c1. The molecule has 0 aliphatic rings. The molecule has 0 aliphatic carbocycles. The molecule has 2 rings (SSSR count). The van der Waals surface area contributed by atoms with Gasteiger partial charge in [-0.25, -0.2) is 19.2 Å². The van der Waals surface area contributed by atoms with Crippen LogP contribution in [0.25, 0.3) is 0 Å². The van der Waals surface area contributed by atoms with Gasteiger partial charge in [0.1, 0.15) is 0 Å². The van der Waals surface area contributed by atoms with Crippen LogP contribution in [0.3, 0.4) is 0 Å². The third-order valence-corrected chi connectivity index (χ3v) is 4.99. The zero-order valence-corrected chi connectivity index (χ0v) is 21.5. The smallest absolute Gasteiger partial charge is 0.394 e. The summed E-state index contributed by atoms with van der Waals surface area (Å²) in [6.45, 7) is 0. The molecule has 0 heterocycles. The van der Waals surface area contributed by atoms with E-state index >= 15 is 0 Å². The number of hydrogen-bond acceptors (Lipinski definition) is 10. The molecular formula is C22H12Cl2N6O12. The summed E-state index contributed by atoms with van der Waals surface area (Å²) in [4.78, 5) is 86.1. The van der Waals surface area contributed by atoms with Crippen molar-refractivity contribution in [2.75, 3.05) is 21.3 Å². The van der Waals surface area contributed by atoms with Gasteiger partial charge in [0, 0.05) is 0 Å². The van der Waals surface area contributed by atoms with E-state index in [2.05, 4.69) is 0 Å². The normalized spacial score (nSPS) is 9.33. The van der Waals surface area contributed by atoms with Gasteiger partial charge in [-0.3, -0.25) is 19.2 Å². The summed E-state index contributed by atoms with van der Waals surface area (Å²) in [6, 6.07) is 7.64. The van der Waals surface area contributed by atoms with Gasteiger partial charge in [0.25, 0.3) is 0 Å². The summed E-state index contributed by atoms with van der Waals surface area (Å²) >= 11 is 11.6. The predicted molar refractivity (Wildman–Crippen MR) is 137 cm³/mol. The van der Waals surface area contributed by atoms with Crippen molar-refractivity contribution < 1.29 is 58.8 Å². The number of carboxylic acid groups (broad SMARTS) is 4. The predicted octanol–water partition coefficient (Wildman–Crippen LogP) is 0.516. The fourth-order valence-electron chi connectivity index (χ4n) is 2.45. The highest BCUT2D eigenvalue weighted by Gasteiger charge is 2.20. The van der Waals surface area contributed by atoms with E-state index in [-0.39, 0.29) is 43.9 Å². The molecule has 42 heavy (non-hydrogen) atoms. The summed E-state index contributed by atoms with van der Waals surface area (Å²) in [5, 5.41) is 58.5. The summed E-state index contributed by atoms with van der Waals surface area (Å²) in [6.07, 6.45) is 0. The highest BCUT2D eigenvalue weighted by molar-refractivity contribution is 6.43. The van der Waals surface area contributed by atoms with Crippen LogP contribution in [0.5, 0.6) is 0 Å². The minimum absolute atomic E-state index is 0.0826. The second-order valence-corrected chi connectivity index (χ2v) is 7.79. The van der Waals surface area contributed by atoms with Gasteiger partial charge in [0.2, 0.25) is 0 Å². The highest BCUT2D eigenvalue weighted by Crippen LogP contribution is 2.33. The van der Waals surface area contributed by atoms with Crippen LogP contribution in [0.2, 0.25) is 10.0 Å². The van der Waals surface area contributed by atoms with E-state index in [9.17, 15) is 38.4 Å². The monoisotopic (exact) mass is 622 g/mol. The zero-order chi connectivity index (χ0) is 32.3. The van der Waals surface area contributed by atoms with Crippen molar-refractivity contribution in [3.63, 3.8) is 0 Å². The molecule has 0 aliphatic heterocycles. The van der Waals surface area contributed by atoms with Crippen molar-refractivity contribution >= 4 is 93.5 Å². The molecule has 8 N–H and O–H groups in total. The van der Waals surface area contributed by atoms with E-state index in [0.29, 0.717) is 0 Å². The highest BCUT2D eigenvalue weighted by atomic mass is 35.5. The molecule has 0 atom stereocenters. The minimum atomic E-state index is -1.79. The average molecular weight is 623 g/mol. The van der Waals surface area contributed by atoms with Gasteiger partial charge in [-0.1, -0.05) is 23.2 Å². The number of nitriles is 2. The number of nitrogens with one attached hydrogen (secondary N) is 4. The van der Waals surface area contributed by atoms with Gasteiger partial charge in [-0.05, 0) is 24.3 Å². The molecule has 0 radical (unpaired) electrons. The Hall–Kier alpha value is -6.24. The summed E-state index contributed by atoms with van der Waals surface area (Å²) in [5.41, 5.74) is -1.21.